The minimum Gasteiger partial charge on any atom is -0.378 e. The van der Waals surface area contributed by atoms with Crippen LogP contribution in [0.1, 0.15) is 17.0 Å². The van der Waals surface area contributed by atoms with Crippen LogP contribution in [0, 0.1) is 0 Å². The van der Waals surface area contributed by atoms with Gasteiger partial charge in [0.2, 0.25) is 0 Å². The molecule has 1 heterocycles. The van der Waals surface area contributed by atoms with Crippen LogP contribution in [0.25, 0.3) is 0 Å². The molecule has 0 spiro atoms. The van der Waals surface area contributed by atoms with Gasteiger partial charge in [0.25, 0.3) is 0 Å². The molecule has 0 radical (unpaired) electrons. The van der Waals surface area contributed by atoms with Gasteiger partial charge in [-0.2, -0.15) is 0 Å². The van der Waals surface area contributed by atoms with Crippen molar-refractivity contribution in [3.8, 4) is 0 Å². The summed E-state index contributed by atoms with van der Waals surface area (Å²) in [6.45, 7) is 0.519. The van der Waals surface area contributed by atoms with E-state index < -0.39 is 13.4 Å². The van der Waals surface area contributed by atoms with Gasteiger partial charge in [-0.15, -0.1) is 0 Å². The first-order valence-corrected chi connectivity index (χ1v) is 9.37. The smallest absolute Gasteiger partial charge is 0.349 e. The molecular formula is C17H24N3O3P. The highest BCUT2D eigenvalue weighted by molar-refractivity contribution is 7.53. The molecule has 1 aromatic carbocycles. The first-order chi connectivity index (χ1) is 11.4. The molecule has 6 nitrogen and oxygen atoms in total. The fourth-order valence-corrected chi connectivity index (χ4v) is 3.48. The third-order valence-electron chi connectivity index (χ3n) is 3.76. The summed E-state index contributed by atoms with van der Waals surface area (Å²) in [4.78, 5) is 16.4. The van der Waals surface area contributed by atoms with Gasteiger partial charge in [-0.05, 0) is 29.8 Å². The maximum atomic E-state index is 12.4. The summed E-state index contributed by atoms with van der Waals surface area (Å²) in [5.74, 6) is -0.776. The Morgan fingerprint density at radius 2 is 1.96 bits per heavy atom. The fourth-order valence-electron chi connectivity index (χ4n) is 2.36. The lowest BCUT2D eigenvalue weighted by Gasteiger charge is -2.23. The molecular weight excluding hydrogens is 325 g/mol. The molecule has 130 valence electrons. The molecule has 0 fully saturated rings. The topological polar surface area (TPSA) is 74.7 Å². The van der Waals surface area contributed by atoms with Crippen LogP contribution in [0.3, 0.4) is 0 Å². The molecule has 2 rings (SSSR count). The van der Waals surface area contributed by atoms with Crippen LogP contribution in [0.2, 0.25) is 0 Å². The molecule has 1 aromatic heterocycles. The Bertz CT molecular complexity index is 677. The molecule has 2 atom stereocenters. The molecule has 2 unspecified atom stereocenters. The lowest BCUT2D eigenvalue weighted by Crippen LogP contribution is -2.24. The van der Waals surface area contributed by atoms with E-state index in [2.05, 4.69) is 10.3 Å². The van der Waals surface area contributed by atoms with Crippen molar-refractivity contribution >= 4 is 13.3 Å². The highest BCUT2D eigenvalue weighted by atomic mass is 31.2. The third kappa shape index (κ3) is 4.89. The number of hydrogen-bond acceptors (Lipinski definition) is 5. The van der Waals surface area contributed by atoms with Gasteiger partial charge in [0.15, 0.2) is 0 Å². The van der Waals surface area contributed by atoms with Crippen LogP contribution in [-0.2, 0) is 15.5 Å². The van der Waals surface area contributed by atoms with E-state index in [1.165, 1.54) is 7.11 Å². The second-order valence-electron chi connectivity index (χ2n) is 5.66. The van der Waals surface area contributed by atoms with Crippen molar-refractivity contribution in [1.29, 1.82) is 0 Å². The summed E-state index contributed by atoms with van der Waals surface area (Å²) in [5, 5.41) is 3.13. The molecule has 0 saturated carbocycles. The fraction of sp³-hybridized carbons (Fsp3) is 0.353. The van der Waals surface area contributed by atoms with Crippen molar-refractivity contribution in [3.63, 3.8) is 0 Å². The summed E-state index contributed by atoms with van der Waals surface area (Å²) in [6.07, 6.45) is 2.40. The largest absolute Gasteiger partial charge is 0.378 e. The number of pyridine rings is 1. The van der Waals surface area contributed by atoms with Gasteiger partial charge in [-0.3, -0.25) is 14.9 Å². The zero-order valence-electron chi connectivity index (χ0n) is 14.2. The maximum Gasteiger partial charge on any atom is 0.349 e. The number of anilines is 1. The first kappa shape index (κ1) is 18.6. The number of benzene rings is 1. The maximum absolute atomic E-state index is 12.4. The van der Waals surface area contributed by atoms with Crippen molar-refractivity contribution in [2.75, 3.05) is 32.6 Å². The van der Waals surface area contributed by atoms with E-state index in [1.807, 2.05) is 61.5 Å². The third-order valence-corrected chi connectivity index (χ3v) is 5.41. The zero-order valence-corrected chi connectivity index (χ0v) is 15.1. The number of rotatable bonds is 8. The van der Waals surface area contributed by atoms with Crippen LogP contribution < -0.4 is 10.2 Å². The van der Waals surface area contributed by atoms with Crippen molar-refractivity contribution in [3.05, 3.63) is 59.9 Å². The van der Waals surface area contributed by atoms with Gasteiger partial charge >= 0.3 is 7.60 Å². The molecule has 2 aromatic rings. The van der Waals surface area contributed by atoms with E-state index in [4.69, 9.17) is 4.52 Å². The van der Waals surface area contributed by atoms with Crippen LogP contribution in [-0.4, -0.2) is 37.6 Å². The molecule has 7 heteroatoms. The SMILES string of the molecule is COP(=O)(O)C(NCCc1ccccn1)c1ccc(N(C)C)cc1. The quantitative estimate of drug-likeness (QED) is 0.714. The monoisotopic (exact) mass is 349 g/mol. The summed E-state index contributed by atoms with van der Waals surface area (Å²) < 4.78 is 17.2. The second-order valence-corrected chi connectivity index (χ2v) is 7.67. The van der Waals surface area contributed by atoms with E-state index in [0.29, 0.717) is 18.5 Å². The second kappa shape index (κ2) is 8.40. The highest BCUT2D eigenvalue weighted by Gasteiger charge is 2.32. The van der Waals surface area contributed by atoms with E-state index in [1.54, 1.807) is 6.20 Å². The highest BCUT2D eigenvalue weighted by Crippen LogP contribution is 2.54. The lowest BCUT2D eigenvalue weighted by molar-refractivity contribution is 0.297. The van der Waals surface area contributed by atoms with Crippen LogP contribution >= 0.6 is 7.60 Å². The van der Waals surface area contributed by atoms with Crippen LogP contribution in [0.4, 0.5) is 5.69 Å². The number of aromatic nitrogens is 1. The number of nitrogens with zero attached hydrogens (tertiary/aromatic N) is 2. The zero-order chi connectivity index (χ0) is 17.6. The first-order valence-electron chi connectivity index (χ1n) is 7.73. The predicted octanol–water partition coefficient (Wildman–Crippen LogP) is 2.81. The standard InChI is InChI=1S/C17H24N3O3P/c1-20(2)16-9-7-14(8-10-16)17(24(21,22)23-3)19-13-11-15-6-4-5-12-18-15/h4-10,12,17,19H,11,13H2,1-3H3,(H,21,22). The van der Waals surface area contributed by atoms with E-state index >= 15 is 0 Å². The Balaban J connectivity index is 2.11. The van der Waals surface area contributed by atoms with Crippen molar-refractivity contribution in [2.24, 2.45) is 0 Å². The molecule has 24 heavy (non-hydrogen) atoms. The predicted molar refractivity (Wildman–Crippen MR) is 96.3 cm³/mol. The molecule has 0 aliphatic carbocycles. The average Bonchev–Trinajstić information content (AvgIpc) is 2.59. The summed E-state index contributed by atoms with van der Waals surface area (Å²) in [5.41, 5.74) is 2.67. The minimum absolute atomic E-state index is 0.519. The molecule has 0 aliphatic rings. The minimum atomic E-state index is -3.81. The van der Waals surface area contributed by atoms with E-state index in [0.717, 1.165) is 11.4 Å². The van der Waals surface area contributed by atoms with Crippen molar-refractivity contribution in [2.45, 2.75) is 12.2 Å². The molecule has 0 aliphatic heterocycles. The van der Waals surface area contributed by atoms with Gasteiger partial charge in [-0.1, -0.05) is 18.2 Å². The Morgan fingerprint density at radius 1 is 1.25 bits per heavy atom. The average molecular weight is 349 g/mol. The summed E-state index contributed by atoms with van der Waals surface area (Å²) in [7, 11) is 1.34. The van der Waals surface area contributed by atoms with Gasteiger partial charge in [0.1, 0.15) is 5.78 Å². The van der Waals surface area contributed by atoms with Crippen molar-refractivity contribution in [1.82, 2.24) is 10.3 Å². The summed E-state index contributed by atoms with van der Waals surface area (Å²) >= 11 is 0. The van der Waals surface area contributed by atoms with Crippen LogP contribution in [0.15, 0.2) is 48.7 Å². The Kier molecular flexibility index (Phi) is 6.52. The van der Waals surface area contributed by atoms with Crippen LogP contribution in [0.5, 0.6) is 0 Å². The molecule has 0 amide bonds. The summed E-state index contributed by atoms with van der Waals surface area (Å²) in [6, 6.07) is 13.2. The molecule has 0 bridgehead atoms. The number of hydrogen-bond donors (Lipinski definition) is 2. The lowest BCUT2D eigenvalue weighted by atomic mass is 10.2. The van der Waals surface area contributed by atoms with Crippen molar-refractivity contribution < 1.29 is 14.0 Å². The Hall–Kier alpha value is -1.72. The number of nitrogens with one attached hydrogen (secondary N) is 1. The molecule has 2 N–H and O–H groups in total. The Morgan fingerprint density at radius 3 is 2.50 bits per heavy atom. The van der Waals surface area contributed by atoms with E-state index in [9.17, 15) is 9.46 Å². The Labute approximate surface area is 143 Å². The van der Waals surface area contributed by atoms with Gasteiger partial charge < -0.3 is 14.3 Å². The van der Waals surface area contributed by atoms with Gasteiger partial charge in [-0.25, -0.2) is 0 Å². The van der Waals surface area contributed by atoms with Gasteiger partial charge in [0, 0.05) is 51.7 Å². The van der Waals surface area contributed by atoms with E-state index in [-0.39, 0.29) is 0 Å². The normalized spacial score (nSPS) is 14.8. The molecule has 0 saturated heterocycles. The van der Waals surface area contributed by atoms with Gasteiger partial charge in [0.05, 0.1) is 0 Å².